The lowest BCUT2D eigenvalue weighted by molar-refractivity contribution is 0.101. The molecule has 0 fully saturated rings. The smallest absolute Gasteiger partial charge is 0.272 e. The zero-order valence-electron chi connectivity index (χ0n) is 13.9. The van der Waals surface area contributed by atoms with E-state index in [9.17, 15) is 13.6 Å². The van der Waals surface area contributed by atoms with Gasteiger partial charge in [0.05, 0.1) is 15.2 Å². The summed E-state index contributed by atoms with van der Waals surface area (Å²) in [5.41, 5.74) is 2.47. The molecule has 1 amide bonds. The fourth-order valence-electron chi connectivity index (χ4n) is 2.92. The van der Waals surface area contributed by atoms with E-state index < -0.39 is 5.82 Å². The summed E-state index contributed by atoms with van der Waals surface area (Å²) in [7, 11) is 0. The molecule has 0 bridgehead atoms. The van der Waals surface area contributed by atoms with E-state index in [1.165, 1.54) is 41.7 Å². The average Bonchev–Trinajstić information content (AvgIpc) is 3.21. The van der Waals surface area contributed by atoms with Crippen LogP contribution in [0.2, 0.25) is 5.02 Å². The molecule has 7 heteroatoms. The molecule has 0 saturated heterocycles. The Morgan fingerprint density at radius 1 is 1.11 bits per heavy atom. The minimum Gasteiger partial charge on any atom is -0.331 e. The third-order valence-corrected chi connectivity index (χ3v) is 5.31. The van der Waals surface area contributed by atoms with Crippen LogP contribution in [-0.2, 0) is 6.54 Å². The van der Waals surface area contributed by atoms with E-state index in [2.05, 4.69) is 5.32 Å². The number of hydrogen-bond acceptors (Lipinski definition) is 2. The van der Waals surface area contributed by atoms with Crippen molar-refractivity contribution in [3.8, 4) is 0 Å². The van der Waals surface area contributed by atoms with Crippen LogP contribution in [0.15, 0.2) is 60.0 Å². The molecule has 0 aliphatic carbocycles. The van der Waals surface area contributed by atoms with Crippen LogP contribution in [-0.4, -0.2) is 10.5 Å². The minimum atomic E-state index is -0.551. The van der Waals surface area contributed by atoms with Crippen molar-refractivity contribution in [3.05, 3.63) is 87.9 Å². The Hall–Kier alpha value is -2.70. The zero-order valence-corrected chi connectivity index (χ0v) is 15.5. The van der Waals surface area contributed by atoms with Crippen molar-refractivity contribution in [3.63, 3.8) is 0 Å². The molecule has 0 radical (unpaired) electrons. The molecule has 0 unspecified atom stereocenters. The predicted octanol–water partition coefficient (Wildman–Crippen LogP) is 5.94. The van der Waals surface area contributed by atoms with Crippen LogP contribution in [0.4, 0.5) is 14.5 Å². The molecule has 0 aliphatic heterocycles. The molecule has 4 rings (SSSR count). The first-order valence-corrected chi connectivity index (χ1v) is 9.34. The molecule has 2 heterocycles. The zero-order chi connectivity index (χ0) is 19.0. The van der Waals surface area contributed by atoms with Gasteiger partial charge in [0.25, 0.3) is 5.91 Å². The molecule has 3 nitrogen and oxygen atoms in total. The first-order chi connectivity index (χ1) is 13.0. The van der Waals surface area contributed by atoms with Crippen LogP contribution in [0.3, 0.4) is 0 Å². The maximum atomic E-state index is 13.5. The van der Waals surface area contributed by atoms with Crippen molar-refractivity contribution < 1.29 is 13.6 Å². The Bertz CT molecular complexity index is 1150. The number of hydrogen-bond donors (Lipinski definition) is 1. The molecule has 136 valence electrons. The van der Waals surface area contributed by atoms with Gasteiger partial charge in [-0.2, -0.15) is 0 Å². The van der Waals surface area contributed by atoms with Crippen molar-refractivity contribution in [2.75, 3.05) is 5.32 Å². The summed E-state index contributed by atoms with van der Waals surface area (Å²) in [6.07, 6.45) is 0. The standard InChI is InChI=1S/C20H13ClF2N2OS/c21-15-9-14(4-5-16(15)23)24-20(26)18-10-19-17(6-7-27-19)25(18)11-12-2-1-3-13(22)8-12/h1-10H,11H2,(H,24,26). The number of thiophene rings is 1. The van der Waals surface area contributed by atoms with Crippen molar-refractivity contribution in [1.82, 2.24) is 4.57 Å². The van der Waals surface area contributed by atoms with E-state index in [1.54, 1.807) is 12.1 Å². The van der Waals surface area contributed by atoms with Gasteiger partial charge in [-0.25, -0.2) is 8.78 Å². The number of nitrogens with one attached hydrogen (secondary N) is 1. The number of aromatic nitrogens is 1. The predicted molar refractivity (Wildman–Crippen MR) is 105 cm³/mol. The topological polar surface area (TPSA) is 34.0 Å². The van der Waals surface area contributed by atoms with Crippen LogP contribution in [0.1, 0.15) is 16.1 Å². The van der Waals surface area contributed by atoms with Gasteiger partial charge in [0.2, 0.25) is 0 Å². The third kappa shape index (κ3) is 3.59. The second-order valence-electron chi connectivity index (χ2n) is 6.00. The first-order valence-electron chi connectivity index (χ1n) is 8.09. The molecule has 0 saturated carbocycles. The van der Waals surface area contributed by atoms with Crippen molar-refractivity contribution >= 4 is 44.7 Å². The van der Waals surface area contributed by atoms with Gasteiger partial charge in [0.15, 0.2) is 0 Å². The highest BCUT2D eigenvalue weighted by Gasteiger charge is 2.17. The summed E-state index contributed by atoms with van der Waals surface area (Å²) in [6, 6.07) is 14.0. The van der Waals surface area contributed by atoms with Gasteiger partial charge in [-0.15, -0.1) is 11.3 Å². The molecule has 1 N–H and O–H groups in total. The largest absolute Gasteiger partial charge is 0.331 e. The Kier molecular flexibility index (Phi) is 4.68. The van der Waals surface area contributed by atoms with E-state index in [4.69, 9.17) is 11.6 Å². The maximum Gasteiger partial charge on any atom is 0.272 e. The van der Waals surface area contributed by atoms with Gasteiger partial charge < -0.3 is 9.88 Å². The van der Waals surface area contributed by atoms with Crippen LogP contribution < -0.4 is 5.32 Å². The second kappa shape index (κ2) is 7.13. The van der Waals surface area contributed by atoms with Crippen LogP contribution in [0.25, 0.3) is 10.2 Å². The third-order valence-electron chi connectivity index (χ3n) is 4.16. The number of anilines is 1. The Morgan fingerprint density at radius 3 is 2.74 bits per heavy atom. The van der Waals surface area contributed by atoms with Crippen LogP contribution in [0, 0.1) is 11.6 Å². The number of amides is 1. The number of benzene rings is 2. The number of rotatable bonds is 4. The maximum absolute atomic E-state index is 13.5. The molecule has 4 aromatic rings. The monoisotopic (exact) mass is 402 g/mol. The molecular formula is C20H13ClF2N2OS. The van der Waals surface area contributed by atoms with Crippen molar-refractivity contribution in [2.45, 2.75) is 6.54 Å². The number of carbonyl (C=O) groups excluding carboxylic acids is 1. The van der Waals surface area contributed by atoms with E-state index >= 15 is 0 Å². The number of halogens is 3. The van der Waals surface area contributed by atoms with E-state index in [0.717, 1.165) is 15.8 Å². The lowest BCUT2D eigenvalue weighted by Gasteiger charge is -2.11. The highest BCUT2D eigenvalue weighted by molar-refractivity contribution is 7.17. The molecule has 27 heavy (non-hydrogen) atoms. The highest BCUT2D eigenvalue weighted by atomic mass is 35.5. The molecule has 2 aromatic carbocycles. The molecule has 0 atom stereocenters. The number of fused-ring (bicyclic) bond motifs is 1. The average molecular weight is 403 g/mol. The first kappa shape index (κ1) is 17.7. The fourth-order valence-corrected chi connectivity index (χ4v) is 3.93. The number of carbonyl (C=O) groups is 1. The molecule has 0 aliphatic rings. The summed E-state index contributed by atoms with van der Waals surface area (Å²) in [5, 5.41) is 4.61. The second-order valence-corrected chi connectivity index (χ2v) is 7.35. The highest BCUT2D eigenvalue weighted by Crippen LogP contribution is 2.27. The van der Waals surface area contributed by atoms with Gasteiger partial charge in [0.1, 0.15) is 17.3 Å². The van der Waals surface area contributed by atoms with E-state index in [0.29, 0.717) is 17.9 Å². The minimum absolute atomic E-state index is 0.0658. The normalized spacial score (nSPS) is 11.1. The molecular weight excluding hydrogens is 390 g/mol. The quantitative estimate of drug-likeness (QED) is 0.450. The summed E-state index contributed by atoms with van der Waals surface area (Å²) in [6.45, 7) is 0.352. The van der Waals surface area contributed by atoms with Crippen molar-refractivity contribution in [1.29, 1.82) is 0 Å². The number of nitrogens with zero attached hydrogens (tertiary/aromatic N) is 1. The SMILES string of the molecule is O=C(Nc1ccc(F)c(Cl)c1)c1cc2sccc2n1Cc1cccc(F)c1. The van der Waals surface area contributed by atoms with Crippen LogP contribution in [0.5, 0.6) is 0 Å². The van der Waals surface area contributed by atoms with E-state index in [1.807, 2.05) is 22.1 Å². The Morgan fingerprint density at radius 2 is 1.96 bits per heavy atom. The summed E-state index contributed by atoms with van der Waals surface area (Å²) in [5.74, 6) is -1.23. The van der Waals surface area contributed by atoms with Gasteiger partial charge >= 0.3 is 0 Å². The molecule has 2 aromatic heterocycles. The van der Waals surface area contributed by atoms with Crippen LogP contribution >= 0.6 is 22.9 Å². The Labute approximate surface area is 162 Å². The van der Waals surface area contributed by atoms with Gasteiger partial charge in [-0.3, -0.25) is 4.79 Å². The molecule has 0 spiro atoms. The summed E-state index contributed by atoms with van der Waals surface area (Å²) < 4.78 is 29.6. The fraction of sp³-hybridized carbons (Fsp3) is 0.0500. The summed E-state index contributed by atoms with van der Waals surface area (Å²) >= 11 is 7.30. The van der Waals surface area contributed by atoms with E-state index in [-0.39, 0.29) is 16.7 Å². The van der Waals surface area contributed by atoms with Gasteiger partial charge in [-0.05, 0) is 53.4 Å². The Balaban J connectivity index is 1.69. The lowest BCUT2D eigenvalue weighted by atomic mass is 10.2. The lowest BCUT2D eigenvalue weighted by Crippen LogP contribution is -2.17. The van der Waals surface area contributed by atoms with Gasteiger partial charge in [0, 0.05) is 12.2 Å². The van der Waals surface area contributed by atoms with Crippen molar-refractivity contribution in [2.24, 2.45) is 0 Å². The van der Waals surface area contributed by atoms with Gasteiger partial charge in [-0.1, -0.05) is 23.7 Å². The summed E-state index contributed by atoms with van der Waals surface area (Å²) in [4.78, 5) is 12.8.